The van der Waals surface area contributed by atoms with Crippen molar-refractivity contribution in [2.24, 2.45) is 0 Å². The highest BCUT2D eigenvalue weighted by Crippen LogP contribution is 2.27. The van der Waals surface area contributed by atoms with E-state index in [1.54, 1.807) is 0 Å². The minimum Gasteiger partial charge on any atom is -0.424 e. The Morgan fingerprint density at radius 3 is 2.29 bits per heavy atom. The Kier molecular flexibility index (Phi) is 6.71. The van der Waals surface area contributed by atoms with Crippen LogP contribution in [0.3, 0.4) is 0 Å². The summed E-state index contributed by atoms with van der Waals surface area (Å²) in [6, 6.07) is 11.1. The average Bonchev–Trinajstić information content (AvgIpc) is 3.13. The van der Waals surface area contributed by atoms with Crippen LogP contribution < -0.4 is 5.32 Å². The van der Waals surface area contributed by atoms with Crippen molar-refractivity contribution < 1.29 is 9.15 Å². The Labute approximate surface area is 167 Å². The van der Waals surface area contributed by atoms with Crippen LogP contribution in [-0.2, 0) is 4.74 Å². The minimum absolute atomic E-state index is 0.140. The Morgan fingerprint density at radius 1 is 1.07 bits per heavy atom. The molecule has 1 saturated heterocycles. The molecule has 6 nitrogen and oxygen atoms in total. The molecule has 0 spiro atoms. The third kappa shape index (κ3) is 4.73. The summed E-state index contributed by atoms with van der Waals surface area (Å²) < 4.78 is 11.3. The van der Waals surface area contributed by atoms with E-state index in [2.05, 4.69) is 59.4 Å². The van der Waals surface area contributed by atoms with Crippen molar-refractivity contribution in [1.29, 1.82) is 5.26 Å². The van der Waals surface area contributed by atoms with Gasteiger partial charge in [-0.05, 0) is 17.0 Å². The van der Waals surface area contributed by atoms with Gasteiger partial charge < -0.3 is 14.5 Å². The first-order valence-corrected chi connectivity index (χ1v) is 10.1. The van der Waals surface area contributed by atoms with E-state index in [-0.39, 0.29) is 12.0 Å². The molecule has 0 bridgehead atoms. The van der Waals surface area contributed by atoms with Gasteiger partial charge in [0, 0.05) is 25.6 Å². The molecule has 0 unspecified atom stereocenters. The molecule has 1 N–H and O–H groups in total. The molecule has 28 heavy (non-hydrogen) atoms. The van der Waals surface area contributed by atoms with Crippen LogP contribution in [0, 0.1) is 11.3 Å². The fourth-order valence-electron chi connectivity index (χ4n) is 3.42. The molecule has 0 radical (unpaired) electrons. The topological polar surface area (TPSA) is 74.3 Å². The second-order valence-corrected chi connectivity index (χ2v) is 7.86. The van der Waals surface area contributed by atoms with Crippen molar-refractivity contribution in [2.75, 3.05) is 38.2 Å². The number of ether oxygens (including phenoxy) is 1. The molecule has 1 aromatic heterocycles. The molecule has 0 amide bonds. The zero-order chi connectivity index (χ0) is 20.1. The lowest BCUT2D eigenvalue weighted by atomic mass is 9.98. The fraction of sp³-hybridized carbons (Fsp3) is 0.545. The van der Waals surface area contributed by atoms with Crippen LogP contribution in [0.5, 0.6) is 0 Å². The van der Waals surface area contributed by atoms with Gasteiger partial charge in [-0.2, -0.15) is 5.26 Å². The minimum atomic E-state index is 0.140. The smallest absolute Gasteiger partial charge is 0.232 e. The molecule has 150 valence electrons. The first-order chi connectivity index (χ1) is 13.5. The predicted octanol–water partition coefficient (Wildman–Crippen LogP) is 4.28. The SMILES string of the molecule is CC(C)c1ccc([C@H](CNc2oc(C(C)C)nc2C#N)N2CCOCC2)cc1. The molecule has 0 aliphatic carbocycles. The number of benzene rings is 1. The van der Waals surface area contributed by atoms with Crippen LogP contribution in [-0.4, -0.2) is 42.7 Å². The van der Waals surface area contributed by atoms with Crippen molar-refractivity contribution in [2.45, 2.75) is 45.6 Å². The number of morpholine rings is 1. The summed E-state index contributed by atoms with van der Waals surface area (Å²) in [5.41, 5.74) is 2.90. The number of nitrogens with one attached hydrogen (secondary N) is 1. The Morgan fingerprint density at radius 2 is 1.71 bits per heavy atom. The highest BCUT2D eigenvalue weighted by molar-refractivity contribution is 5.46. The van der Waals surface area contributed by atoms with Gasteiger partial charge in [-0.15, -0.1) is 0 Å². The van der Waals surface area contributed by atoms with Crippen molar-refractivity contribution in [3.8, 4) is 6.07 Å². The monoisotopic (exact) mass is 382 g/mol. The lowest BCUT2D eigenvalue weighted by Crippen LogP contribution is -2.41. The van der Waals surface area contributed by atoms with Crippen LogP contribution >= 0.6 is 0 Å². The number of hydrogen-bond donors (Lipinski definition) is 1. The van der Waals surface area contributed by atoms with Crippen molar-refractivity contribution in [1.82, 2.24) is 9.88 Å². The zero-order valence-electron chi connectivity index (χ0n) is 17.2. The largest absolute Gasteiger partial charge is 0.424 e. The Hall–Kier alpha value is -2.36. The average molecular weight is 383 g/mol. The lowest BCUT2D eigenvalue weighted by molar-refractivity contribution is 0.0186. The second kappa shape index (κ2) is 9.22. The maximum Gasteiger partial charge on any atom is 0.232 e. The van der Waals surface area contributed by atoms with E-state index in [9.17, 15) is 5.26 Å². The standard InChI is InChI=1S/C22H30N4O2/c1-15(2)17-5-7-18(8-6-17)20(26-9-11-27-12-10-26)14-24-22-19(13-23)25-21(28-22)16(3)4/h5-8,15-16,20,24H,9-12,14H2,1-4H3/t20-/m0/s1. The Balaban J connectivity index is 1.81. The lowest BCUT2D eigenvalue weighted by Gasteiger charge is -2.35. The molecule has 2 heterocycles. The maximum absolute atomic E-state index is 9.39. The van der Waals surface area contributed by atoms with Crippen LogP contribution in [0.1, 0.15) is 68.3 Å². The quantitative estimate of drug-likeness (QED) is 0.770. The Bertz CT molecular complexity index is 799. The first-order valence-electron chi connectivity index (χ1n) is 10.1. The molecule has 3 rings (SSSR count). The molecule has 1 aliphatic heterocycles. The van der Waals surface area contributed by atoms with Crippen molar-refractivity contribution in [3.63, 3.8) is 0 Å². The van der Waals surface area contributed by atoms with Gasteiger partial charge in [0.25, 0.3) is 0 Å². The van der Waals surface area contributed by atoms with E-state index in [4.69, 9.17) is 9.15 Å². The van der Waals surface area contributed by atoms with E-state index in [1.165, 1.54) is 11.1 Å². The molecule has 2 aromatic rings. The van der Waals surface area contributed by atoms with E-state index < -0.39 is 0 Å². The van der Waals surface area contributed by atoms with Crippen LogP contribution in [0.25, 0.3) is 0 Å². The summed E-state index contributed by atoms with van der Waals surface area (Å²) in [5.74, 6) is 1.70. The van der Waals surface area contributed by atoms with E-state index in [0.717, 1.165) is 26.3 Å². The molecular weight excluding hydrogens is 352 g/mol. The highest BCUT2D eigenvalue weighted by atomic mass is 16.5. The second-order valence-electron chi connectivity index (χ2n) is 7.86. The highest BCUT2D eigenvalue weighted by Gasteiger charge is 2.24. The number of rotatable bonds is 7. The summed E-state index contributed by atoms with van der Waals surface area (Å²) in [7, 11) is 0. The summed E-state index contributed by atoms with van der Waals surface area (Å²) in [6.07, 6.45) is 0. The summed E-state index contributed by atoms with van der Waals surface area (Å²) in [6.45, 7) is 12.3. The molecular formula is C22H30N4O2. The predicted molar refractivity (Wildman–Crippen MR) is 109 cm³/mol. The number of anilines is 1. The fourth-order valence-corrected chi connectivity index (χ4v) is 3.42. The van der Waals surface area contributed by atoms with Gasteiger partial charge in [-0.3, -0.25) is 4.90 Å². The summed E-state index contributed by atoms with van der Waals surface area (Å²) in [5, 5.41) is 12.7. The molecule has 1 aromatic carbocycles. The molecule has 6 heteroatoms. The van der Waals surface area contributed by atoms with Gasteiger partial charge in [0.1, 0.15) is 6.07 Å². The van der Waals surface area contributed by atoms with E-state index >= 15 is 0 Å². The number of nitrogens with zero attached hydrogens (tertiary/aromatic N) is 3. The van der Waals surface area contributed by atoms with Gasteiger partial charge in [0.2, 0.25) is 17.5 Å². The van der Waals surface area contributed by atoms with Crippen LogP contribution in [0.4, 0.5) is 5.88 Å². The van der Waals surface area contributed by atoms with E-state index in [0.29, 0.717) is 29.9 Å². The molecule has 1 atom stereocenters. The normalized spacial score (nSPS) is 16.3. The maximum atomic E-state index is 9.39. The van der Waals surface area contributed by atoms with Gasteiger partial charge in [0.15, 0.2) is 0 Å². The van der Waals surface area contributed by atoms with Crippen molar-refractivity contribution in [3.05, 3.63) is 47.0 Å². The zero-order valence-corrected chi connectivity index (χ0v) is 17.2. The third-order valence-electron chi connectivity index (χ3n) is 5.17. The van der Waals surface area contributed by atoms with Crippen molar-refractivity contribution >= 4 is 5.88 Å². The van der Waals surface area contributed by atoms with Gasteiger partial charge >= 0.3 is 0 Å². The number of aromatic nitrogens is 1. The third-order valence-corrected chi connectivity index (χ3v) is 5.17. The van der Waals surface area contributed by atoms with Crippen LogP contribution in [0.2, 0.25) is 0 Å². The van der Waals surface area contributed by atoms with Gasteiger partial charge in [0.05, 0.1) is 19.3 Å². The molecule has 1 aliphatic rings. The van der Waals surface area contributed by atoms with E-state index in [1.807, 2.05) is 13.8 Å². The number of oxazole rings is 1. The van der Waals surface area contributed by atoms with Gasteiger partial charge in [-0.1, -0.05) is 52.0 Å². The molecule has 0 saturated carbocycles. The molecule has 1 fully saturated rings. The first kappa shape index (κ1) is 20.4. The van der Waals surface area contributed by atoms with Gasteiger partial charge in [-0.25, -0.2) is 4.98 Å². The van der Waals surface area contributed by atoms with Crippen LogP contribution in [0.15, 0.2) is 28.7 Å². The number of nitriles is 1. The summed E-state index contributed by atoms with van der Waals surface area (Å²) >= 11 is 0. The number of hydrogen-bond acceptors (Lipinski definition) is 6. The summed E-state index contributed by atoms with van der Waals surface area (Å²) in [4.78, 5) is 6.72.